The first-order valence-electron chi connectivity index (χ1n) is 10.2. The van der Waals surface area contributed by atoms with Gasteiger partial charge in [-0.1, -0.05) is 42.5 Å². The van der Waals surface area contributed by atoms with Crippen LogP contribution in [0.2, 0.25) is 0 Å². The Morgan fingerprint density at radius 1 is 0.963 bits per heavy atom. The molecular weight excluding hydrogens is 334 g/mol. The summed E-state index contributed by atoms with van der Waals surface area (Å²) in [4.78, 5) is 17.0. The van der Waals surface area contributed by atoms with Gasteiger partial charge >= 0.3 is 0 Å². The Morgan fingerprint density at radius 3 is 2.44 bits per heavy atom. The minimum absolute atomic E-state index is 0.118. The summed E-state index contributed by atoms with van der Waals surface area (Å²) >= 11 is 0. The minimum atomic E-state index is 0.118. The third-order valence-corrected chi connectivity index (χ3v) is 5.81. The van der Waals surface area contributed by atoms with E-state index < -0.39 is 0 Å². The fourth-order valence-electron chi connectivity index (χ4n) is 4.23. The molecular formula is C23H29N3O. The predicted octanol–water partition coefficient (Wildman–Crippen LogP) is 3.39. The van der Waals surface area contributed by atoms with Crippen molar-refractivity contribution in [2.75, 3.05) is 37.6 Å². The van der Waals surface area contributed by atoms with Gasteiger partial charge in [0.05, 0.1) is 6.54 Å². The Morgan fingerprint density at radius 2 is 1.70 bits per heavy atom. The summed E-state index contributed by atoms with van der Waals surface area (Å²) in [6.07, 6.45) is 3.72. The molecule has 4 nitrogen and oxygen atoms in total. The number of benzene rings is 2. The molecule has 2 saturated heterocycles. The van der Waals surface area contributed by atoms with Crippen LogP contribution in [0.25, 0.3) is 0 Å². The molecule has 2 aliphatic rings. The van der Waals surface area contributed by atoms with Gasteiger partial charge in [0.15, 0.2) is 0 Å². The van der Waals surface area contributed by atoms with Crippen molar-refractivity contribution in [3.63, 3.8) is 0 Å². The van der Waals surface area contributed by atoms with Gasteiger partial charge in [0, 0.05) is 31.9 Å². The number of anilines is 1. The second-order valence-electron chi connectivity index (χ2n) is 7.77. The lowest BCUT2D eigenvalue weighted by molar-refractivity contribution is -0.122. The molecule has 0 aliphatic carbocycles. The molecule has 4 heteroatoms. The average molecular weight is 364 g/mol. The first kappa shape index (κ1) is 18.1. The lowest BCUT2D eigenvalue weighted by atomic mass is 9.99. The summed E-state index contributed by atoms with van der Waals surface area (Å²) < 4.78 is 0. The molecule has 0 spiro atoms. The number of nitrogens with one attached hydrogen (secondary N) is 1. The molecule has 0 saturated carbocycles. The van der Waals surface area contributed by atoms with E-state index in [1.807, 2.05) is 0 Å². The van der Waals surface area contributed by atoms with Crippen LogP contribution in [-0.2, 0) is 11.3 Å². The van der Waals surface area contributed by atoms with Crippen molar-refractivity contribution in [1.82, 2.24) is 10.2 Å². The SMILES string of the molecule is O=C(CN1CC[C@H](c2ccccc2)C1)NCc1ccc(N2CCCC2)cc1. The third kappa shape index (κ3) is 4.69. The lowest BCUT2D eigenvalue weighted by Crippen LogP contribution is -2.35. The Bertz CT molecular complexity index is 738. The summed E-state index contributed by atoms with van der Waals surface area (Å²) in [5.41, 5.74) is 3.85. The van der Waals surface area contributed by atoms with Crippen LogP contribution >= 0.6 is 0 Å². The van der Waals surface area contributed by atoms with E-state index in [1.54, 1.807) is 0 Å². The van der Waals surface area contributed by atoms with E-state index in [2.05, 4.69) is 69.7 Å². The number of hydrogen-bond acceptors (Lipinski definition) is 3. The molecule has 2 aliphatic heterocycles. The largest absolute Gasteiger partial charge is 0.372 e. The molecule has 27 heavy (non-hydrogen) atoms. The quantitative estimate of drug-likeness (QED) is 0.854. The van der Waals surface area contributed by atoms with Crippen molar-refractivity contribution >= 4 is 11.6 Å². The summed E-state index contributed by atoms with van der Waals surface area (Å²) in [7, 11) is 0. The molecule has 2 fully saturated rings. The molecule has 2 heterocycles. The molecule has 0 bridgehead atoms. The fraction of sp³-hybridized carbons (Fsp3) is 0.435. The molecule has 1 atom stereocenters. The highest BCUT2D eigenvalue weighted by Crippen LogP contribution is 2.26. The molecule has 142 valence electrons. The smallest absolute Gasteiger partial charge is 0.234 e. The van der Waals surface area contributed by atoms with Crippen LogP contribution in [0.1, 0.15) is 36.3 Å². The maximum absolute atomic E-state index is 12.3. The molecule has 1 amide bonds. The topological polar surface area (TPSA) is 35.6 Å². The summed E-state index contributed by atoms with van der Waals surface area (Å²) in [5.74, 6) is 0.671. The van der Waals surface area contributed by atoms with Crippen molar-refractivity contribution in [3.05, 3.63) is 65.7 Å². The van der Waals surface area contributed by atoms with Crippen LogP contribution < -0.4 is 10.2 Å². The van der Waals surface area contributed by atoms with Crippen LogP contribution in [0.3, 0.4) is 0 Å². The first-order valence-corrected chi connectivity index (χ1v) is 10.2. The molecule has 2 aromatic carbocycles. The van der Waals surface area contributed by atoms with Gasteiger partial charge in [-0.05, 0) is 55.0 Å². The first-order chi connectivity index (χ1) is 13.3. The Hall–Kier alpha value is -2.33. The zero-order chi connectivity index (χ0) is 18.5. The fourth-order valence-corrected chi connectivity index (χ4v) is 4.23. The monoisotopic (exact) mass is 363 g/mol. The summed E-state index contributed by atoms with van der Waals surface area (Å²) in [6, 6.07) is 19.3. The molecule has 0 unspecified atom stereocenters. The highest BCUT2D eigenvalue weighted by atomic mass is 16.2. The number of carbonyl (C=O) groups is 1. The van der Waals surface area contributed by atoms with Crippen molar-refractivity contribution in [2.24, 2.45) is 0 Å². The number of nitrogens with zero attached hydrogens (tertiary/aromatic N) is 2. The standard InChI is InChI=1S/C23H29N3O/c27-23(18-25-15-12-21(17-25)20-6-2-1-3-7-20)24-16-19-8-10-22(11-9-19)26-13-4-5-14-26/h1-3,6-11,21H,4-5,12-18H2,(H,24,27)/t21-/m0/s1. The Kier molecular flexibility index (Phi) is 5.73. The van der Waals surface area contributed by atoms with Crippen molar-refractivity contribution < 1.29 is 4.79 Å². The van der Waals surface area contributed by atoms with Crippen molar-refractivity contribution in [2.45, 2.75) is 31.7 Å². The van der Waals surface area contributed by atoms with Crippen LogP contribution in [0.4, 0.5) is 5.69 Å². The van der Waals surface area contributed by atoms with Crippen LogP contribution in [0, 0.1) is 0 Å². The van der Waals surface area contributed by atoms with Gasteiger partial charge in [0.25, 0.3) is 0 Å². The summed E-state index contributed by atoms with van der Waals surface area (Å²) in [5, 5.41) is 3.08. The number of carbonyl (C=O) groups excluding carboxylic acids is 1. The Balaban J connectivity index is 1.22. The molecule has 1 N–H and O–H groups in total. The van der Waals surface area contributed by atoms with Crippen LogP contribution in [0.5, 0.6) is 0 Å². The zero-order valence-electron chi connectivity index (χ0n) is 15.9. The lowest BCUT2D eigenvalue weighted by Gasteiger charge is -2.18. The van der Waals surface area contributed by atoms with Crippen molar-refractivity contribution in [1.29, 1.82) is 0 Å². The highest BCUT2D eigenvalue weighted by Gasteiger charge is 2.24. The average Bonchev–Trinajstić information content (AvgIpc) is 3.40. The highest BCUT2D eigenvalue weighted by molar-refractivity contribution is 5.78. The van der Waals surface area contributed by atoms with Crippen molar-refractivity contribution in [3.8, 4) is 0 Å². The van der Waals surface area contributed by atoms with E-state index in [0.29, 0.717) is 19.0 Å². The second kappa shape index (κ2) is 8.57. The minimum Gasteiger partial charge on any atom is -0.372 e. The number of hydrogen-bond donors (Lipinski definition) is 1. The van der Waals surface area contributed by atoms with E-state index >= 15 is 0 Å². The van der Waals surface area contributed by atoms with Gasteiger partial charge in [-0.3, -0.25) is 9.69 Å². The van der Waals surface area contributed by atoms with E-state index in [9.17, 15) is 4.79 Å². The maximum atomic E-state index is 12.3. The summed E-state index contributed by atoms with van der Waals surface area (Å²) in [6.45, 7) is 5.40. The normalized spacial score (nSPS) is 20.1. The van der Waals surface area contributed by atoms with Gasteiger partial charge in [-0.15, -0.1) is 0 Å². The number of rotatable bonds is 6. The molecule has 4 rings (SSSR count). The van der Waals surface area contributed by atoms with Gasteiger partial charge in [-0.2, -0.15) is 0 Å². The molecule has 0 radical (unpaired) electrons. The molecule has 0 aromatic heterocycles. The second-order valence-corrected chi connectivity index (χ2v) is 7.77. The van der Waals surface area contributed by atoms with E-state index in [1.165, 1.54) is 24.1 Å². The predicted molar refractivity (Wildman–Crippen MR) is 110 cm³/mol. The third-order valence-electron chi connectivity index (χ3n) is 5.81. The molecule has 2 aromatic rings. The zero-order valence-corrected chi connectivity index (χ0v) is 15.9. The van der Waals surface area contributed by atoms with E-state index in [0.717, 1.165) is 38.2 Å². The maximum Gasteiger partial charge on any atom is 0.234 e. The number of amides is 1. The van der Waals surface area contributed by atoms with Gasteiger partial charge in [0.2, 0.25) is 5.91 Å². The van der Waals surface area contributed by atoms with Gasteiger partial charge in [0.1, 0.15) is 0 Å². The van der Waals surface area contributed by atoms with Crippen LogP contribution in [-0.4, -0.2) is 43.5 Å². The van der Waals surface area contributed by atoms with Crippen LogP contribution in [0.15, 0.2) is 54.6 Å². The number of likely N-dealkylation sites (tertiary alicyclic amines) is 1. The van der Waals surface area contributed by atoms with E-state index in [4.69, 9.17) is 0 Å². The van der Waals surface area contributed by atoms with Gasteiger partial charge in [-0.25, -0.2) is 0 Å². The van der Waals surface area contributed by atoms with E-state index in [-0.39, 0.29) is 5.91 Å². The Labute approximate surface area is 162 Å². The van der Waals surface area contributed by atoms with Gasteiger partial charge < -0.3 is 10.2 Å².